The van der Waals surface area contributed by atoms with Crippen molar-refractivity contribution in [3.8, 4) is 22.8 Å². The molecule has 7 heteroatoms. The summed E-state index contributed by atoms with van der Waals surface area (Å²) in [4.78, 5) is 18.5. The molecule has 0 bridgehead atoms. The van der Waals surface area contributed by atoms with Crippen molar-refractivity contribution < 1.29 is 23.5 Å². The number of nitrogens with one attached hydrogen (secondary N) is 1. The highest BCUT2D eigenvalue weighted by molar-refractivity contribution is 5.90. The van der Waals surface area contributed by atoms with Crippen LogP contribution in [0.25, 0.3) is 22.8 Å². The number of H-pyrrole nitrogens is 1. The molecule has 22 heavy (non-hydrogen) atoms. The van der Waals surface area contributed by atoms with Crippen molar-refractivity contribution in [3.05, 3.63) is 59.9 Å². The third-order valence-corrected chi connectivity index (χ3v) is 3.06. The van der Waals surface area contributed by atoms with E-state index in [9.17, 15) is 9.18 Å². The first kappa shape index (κ1) is 13.9. The number of hydrogen-bond donors (Lipinski definition) is 1. The second-order valence-corrected chi connectivity index (χ2v) is 4.45. The highest BCUT2D eigenvalue weighted by Gasteiger charge is 2.21. The molecule has 3 aromatic rings. The summed E-state index contributed by atoms with van der Waals surface area (Å²) in [7, 11) is 0. The average molecular weight is 300 g/mol. The van der Waals surface area contributed by atoms with Crippen molar-refractivity contribution in [1.82, 2.24) is 5.16 Å². The molecule has 3 rings (SSSR count). The Hall–Kier alpha value is -3.06. The summed E-state index contributed by atoms with van der Waals surface area (Å²) in [5.41, 5.74) is 1.11. The molecule has 0 saturated carbocycles. The maximum atomic E-state index is 13.7. The van der Waals surface area contributed by atoms with Crippen LogP contribution in [-0.4, -0.2) is 11.1 Å². The Morgan fingerprint density at radius 2 is 2.05 bits per heavy atom. The lowest BCUT2D eigenvalue weighted by Crippen LogP contribution is -2.11. The molecule has 0 fully saturated rings. The van der Waals surface area contributed by atoms with E-state index in [0.717, 1.165) is 0 Å². The van der Waals surface area contributed by atoms with Gasteiger partial charge in [-0.25, -0.2) is 13.7 Å². The zero-order valence-electron chi connectivity index (χ0n) is 11.2. The number of carbonyl (C=O) groups is 1. The van der Waals surface area contributed by atoms with Crippen molar-refractivity contribution >= 4 is 5.97 Å². The molecule has 3 N–H and O–H groups in total. The maximum Gasteiger partial charge on any atom is 0.378 e. The number of hydrogen-bond acceptors (Lipinski definition) is 5. The molecule has 1 aromatic heterocycles. The van der Waals surface area contributed by atoms with Crippen LogP contribution in [0.4, 0.5) is 4.39 Å². The fraction of sp³-hybridized carbons (Fsp3) is 0. The second-order valence-electron chi connectivity index (χ2n) is 4.45. The van der Waals surface area contributed by atoms with Gasteiger partial charge in [-0.2, -0.15) is 10.9 Å². The summed E-state index contributed by atoms with van der Waals surface area (Å²) < 4.78 is 18.8. The Balaban J connectivity index is 1.98. The molecule has 0 aliphatic rings. The van der Waals surface area contributed by atoms with Crippen molar-refractivity contribution in [3.63, 3.8) is 0 Å². The van der Waals surface area contributed by atoms with Gasteiger partial charge in [-0.3, -0.25) is 0 Å². The normalized spacial score (nSPS) is 10.5. The number of benzene rings is 2. The monoisotopic (exact) mass is 300 g/mol. The molecule has 0 aliphatic heterocycles. The van der Waals surface area contributed by atoms with E-state index in [1.54, 1.807) is 36.4 Å². The van der Waals surface area contributed by atoms with E-state index in [1.165, 1.54) is 12.1 Å². The number of rotatable bonds is 3. The minimum Gasteiger partial charge on any atom is -0.370 e. The lowest BCUT2D eigenvalue weighted by molar-refractivity contribution is -0.357. The van der Waals surface area contributed by atoms with Crippen LogP contribution in [0.5, 0.6) is 0 Å². The second kappa shape index (κ2) is 5.74. The largest absolute Gasteiger partial charge is 0.378 e. The van der Waals surface area contributed by atoms with Crippen LogP contribution in [0.3, 0.4) is 0 Å². The number of aromatic nitrogens is 2. The lowest BCUT2D eigenvalue weighted by atomic mass is 10.1. The minimum absolute atomic E-state index is 0.180. The fourth-order valence-corrected chi connectivity index (χ4v) is 1.99. The predicted octanol–water partition coefficient (Wildman–Crippen LogP) is 1.99. The Bertz CT molecular complexity index is 832. The van der Waals surface area contributed by atoms with Crippen molar-refractivity contribution in [2.45, 2.75) is 0 Å². The molecule has 0 atom stereocenters. The lowest BCUT2D eigenvalue weighted by Gasteiger charge is -1.97. The van der Waals surface area contributed by atoms with E-state index in [1.807, 2.05) is 0 Å². The van der Waals surface area contributed by atoms with Crippen molar-refractivity contribution in [2.24, 2.45) is 5.90 Å². The first-order chi connectivity index (χ1) is 10.7. The maximum absolute atomic E-state index is 13.7. The van der Waals surface area contributed by atoms with Crippen molar-refractivity contribution in [1.29, 1.82) is 0 Å². The van der Waals surface area contributed by atoms with E-state index in [0.29, 0.717) is 11.4 Å². The van der Waals surface area contributed by atoms with Gasteiger partial charge in [-0.1, -0.05) is 18.2 Å². The SMILES string of the molecule is NOC(=O)c1cccc(-c2noc(-c3ccccc3F)[nH+]2)c1. The number of halogens is 1. The summed E-state index contributed by atoms with van der Waals surface area (Å²) in [6, 6.07) is 12.6. The van der Waals surface area contributed by atoms with Crippen LogP contribution in [0.2, 0.25) is 0 Å². The van der Waals surface area contributed by atoms with E-state index in [4.69, 9.17) is 10.4 Å². The van der Waals surface area contributed by atoms with Crippen LogP contribution in [0.15, 0.2) is 53.1 Å². The molecule has 0 spiro atoms. The van der Waals surface area contributed by atoms with Crippen LogP contribution >= 0.6 is 0 Å². The van der Waals surface area contributed by atoms with Gasteiger partial charge in [0.15, 0.2) is 5.16 Å². The van der Waals surface area contributed by atoms with Gasteiger partial charge >= 0.3 is 17.7 Å². The standard InChI is InChI=1S/C15H10FN3O3/c16-12-7-2-1-6-11(12)14-18-13(19-22-14)9-4-3-5-10(8-9)15(20)21-17/h1-8H,17H2/p+1. The molecule has 1 heterocycles. The van der Waals surface area contributed by atoms with Gasteiger partial charge in [-0.15, -0.1) is 0 Å². The van der Waals surface area contributed by atoms with Crippen LogP contribution in [0.1, 0.15) is 10.4 Å². The quantitative estimate of drug-likeness (QED) is 0.747. The molecule has 0 saturated heterocycles. The van der Waals surface area contributed by atoms with Gasteiger partial charge in [0.05, 0.1) is 11.1 Å². The molecular weight excluding hydrogens is 289 g/mol. The molecule has 2 aromatic carbocycles. The smallest absolute Gasteiger partial charge is 0.370 e. The predicted molar refractivity (Wildman–Crippen MR) is 73.5 cm³/mol. The first-order valence-electron chi connectivity index (χ1n) is 6.34. The summed E-state index contributed by atoms with van der Waals surface area (Å²) in [5.74, 6) is 4.29. The molecule has 0 radical (unpaired) electrons. The molecule has 0 aliphatic carbocycles. The van der Waals surface area contributed by atoms with E-state index >= 15 is 0 Å². The van der Waals surface area contributed by atoms with Gasteiger partial charge in [-0.05, 0) is 30.3 Å². The molecule has 0 unspecified atom stereocenters. The number of aromatic amines is 1. The molecule has 0 amide bonds. The molecular formula is C15H11FN3O3+. The zero-order chi connectivity index (χ0) is 15.5. The minimum atomic E-state index is -0.667. The number of nitrogens with two attached hydrogens (primary N) is 1. The van der Waals surface area contributed by atoms with Gasteiger partial charge in [0.25, 0.3) is 0 Å². The average Bonchev–Trinajstić information content (AvgIpc) is 3.04. The van der Waals surface area contributed by atoms with E-state index < -0.39 is 11.8 Å². The van der Waals surface area contributed by atoms with E-state index in [-0.39, 0.29) is 17.0 Å². The fourth-order valence-electron chi connectivity index (χ4n) is 1.99. The number of nitrogens with zero attached hydrogens (tertiary/aromatic N) is 1. The Morgan fingerprint density at radius 1 is 1.23 bits per heavy atom. The zero-order valence-corrected chi connectivity index (χ0v) is 11.2. The van der Waals surface area contributed by atoms with Crippen LogP contribution < -0.4 is 10.9 Å². The van der Waals surface area contributed by atoms with E-state index in [2.05, 4.69) is 15.0 Å². The molecule has 110 valence electrons. The highest BCUT2D eigenvalue weighted by atomic mass is 19.1. The summed E-state index contributed by atoms with van der Waals surface area (Å²) >= 11 is 0. The number of carbonyl (C=O) groups excluding carboxylic acids is 1. The summed E-state index contributed by atoms with van der Waals surface area (Å²) in [5, 5.41) is 3.85. The first-order valence-corrected chi connectivity index (χ1v) is 6.34. The summed E-state index contributed by atoms with van der Waals surface area (Å²) in [6.45, 7) is 0. The summed E-state index contributed by atoms with van der Waals surface area (Å²) in [6.07, 6.45) is 0. The van der Waals surface area contributed by atoms with Crippen LogP contribution in [-0.2, 0) is 4.84 Å². The van der Waals surface area contributed by atoms with Gasteiger partial charge < -0.3 is 4.84 Å². The topological polar surface area (TPSA) is 92.5 Å². The highest BCUT2D eigenvalue weighted by Crippen LogP contribution is 2.21. The Kier molecular flexibility index (Phi) is 3.63. The van der Waals surface area contributed by atoms with Gasteiger partial charge in [0.1, 0.15) is 11.4 Å². The van der Waals surface area contributed by atoms with Gasteiger partial charge in [0, 0.05) is 0 Å². The van der Waals surface area contributed by atoms with Gasteiger partial charge in [0.2, 0.25) is 0 Å². The van der Waals surface area contributed by atoms with Crippen LogP contribution in [0, 0.1) is 5.82 Å². The molecule has 6 nitrogen and oxygen atoms in total. The third-order valence-electron chi connectivity index (χ3n) is 3.06. The third kappa shape index (κ3) is 2.57. The van der Waals surface area contributed by atoms with Crippen molar-refractivity contribution in [2.75, 3.05) is 0 Å². The Morgan fingerprint density at radius 3 is 2.82 bits per heavy atom. The Labute approximate surface area is 124 Å².